The second kappa shape index (κ2) is 31.7. The molecule has 2 aliphatic rings. The fourth-order valence-electron chi connectivity index (χ4n) is 2.82. The predicted octanol–water partition coefficient (Wildman–Crippen LogP) is 3.72. The summed E-state index contributed by atoms with van der Waals surface area (Å²) >= 11 is 0. The van der Waals surface area contributed by atoms with Gasteiger partial charge in [-0.15, -0.1) is 72.1 Å². The van der Waals surface area contributed by atoms with E-state index in [0.717, 1.165) is 12.8 Å². The Labute approximate surface area is 281 Å². The normalized spacial score (nSPS) is 10.2. The molecule has 2 radical (unpaired) electrons. The minimum absolute atomic E-state index is 0. The van der Waals surface area contributed by atoms with Gasteiger partial charge in [-0.2, -0.15) is 61.0 Å². The molecule has 0 aromatic heterocycles. The van der Waals surface area contributed by atoms with Crippen molar-refractivity contribution in [3.63, 3.8) is 0 Å². The molecule has 4 heteroatoms. The second-order valence-corrected chi connectivity index (χ2v) is 7.02. The molecule has 194 valence electrons. The number of benzene rings is 2. The Hall–Kier alpha value is -1.55. The second-order valence-electron chi connectivity index (χ2n) is 7.02. The van der Waals surface area contributed by atoms with Crippen molar-refractivity contribution in [3.05, 3.63) is 159 Å². The van der Waals surface area contributed by atoms with E-state index in [9.17, 15) is 0 Å². The van der Waals surface area contributed by atoms with Crippen LogP contribution in [-0.4, -0.2) is 0 Å². The van der Waals surface area contributed by atoms with Gasteiger partial charge < -0.3 is 37.0 Å². The first kappa shape index (κ1) is 43.5. The Balaban J connectivity index is -0.000000188. The topological polar surface area (TPSA) is 0 Å². The maximum absolute atomic E-state index is 3.24. The number of halogens is 2. The summed E-state index contributed by atoms with van der Waals surface area (Å²) in [7, 11) is 0. The summed E-state index contributed by atoms with van der Waals surface area (Å²) in [6.07, 6.45) is 25.0. The monoisotopic (exact) mass is 692 g/mol. The first-order chi connectivity index (χ1) is 16.8. The minimum atomic E-state index is 0. The van der Waals surface area contributed by atoms with E-state index >= 15 is 0 Å². The molecular weight excluding hydrogens is 662 g/mol. The molecule has 0 amide bonds. The molecule has 0 fully saturated rings. The summed E-state index contributed by atoms with van der Waals surface area (Å²) in [4.78, 5) is 0. The quantitative estimate of drug-likeness (QED) is 0.246. The van der Waals surface area contributed by atoms with Gasteiger partial charge in [0.15, 0.2) is 0 Å². The van der Waals surface area contributed by atoms with Gasteiger partial charge in [0, 0.05) is 0 Å². The van der Waals surface area contributed by atoms with Crippen LogP contribution in [0, 0.1) is 24.3 Å². The zero-order valence-electron chi connectivity index (χ0n) is 22.1. The van der Waals surface area contributed by atoms with Gasteiger partial charge in [0.2, 0.25) is 0 Å². The molecule has 0 spiro atoms. The third-order valence-electron chi connectivity index (χ3n) is 4.27. The maximum atomic E-state index is 3.24. The van der Waals surface area contributed by atoms with Gasteiger partial charge in [-0.05, 0) is 0 Å². The molecule has 38 heavy (non-hydrogen) atoms. The summed E-state index contributed by atoms with van der Waals surface area (Å²) in [5.74, 6) is 0. The molecule has 4 aromatic carbocycles. The molecule has 0 saturated carbocycles. The molecule has 0 atom stereocenters. The molecule has 0 heterocycles. The molecule has 4 aromatic rings. The number of allylic oxidation sites excluding steroid dienone is 10. The number of hydrogen-bond acceptors (Lipinski definition) is 0. The Morgan fingerprint density at radius 1 is 0.632 bits per heavy atom. The van der Waals surface area contributed by atoms with Crippen LogP contribution >= 0.6 is 0 Å². The third kappa shape index (κ3) is 21.4. The Morgan fingerprint density at radius 3 is 1.21 bits per heavy atom. The van der Waals surface area contributed by atoms with Crippen LogP contribution in [0.5, 0.6) is 0 Å². The van der Waals surface area contributed by atoms with Crippen LogP contribution in [0.15, 0.2) is 135 Å². The van der Waals surface area contributed by atoms with Crippen LogP contribution in [0.25, 0.3) is 21.5 Å². The van der Waals surface area contributed by atoms with Crippen molar-refractivity contribution in [1.82, 2.24) is 0 Å². The van der Waals surface area contributed by atoms with Crippen LogP contribution in [0.4, 0.5) is 0 Å². The fraction of sp³-hybridized carbons (Fsp3) is 0.118. The van der Waals surface area contributed by atoms with Crippen LogP contribution in [0.3, 0.4) is 0 Å². The van der Waals surface area contributed by atoms with Gasteiger partial charge in [0.25, 0.3) is 0 Å². The SMILES string of the molecule is C=[C-]C.C=[C-]C.[C-]1=CC=CC1.[C-]1=CC=CC1.[Cl-].[Cl-].[Zr+3].[Zr+3].c1ccc2[cH-]ccc2c1.c1ccc2[cH-]ccc2c1. The summed E-state index contributed by atoms with van der Waals surface area (Å²) in [6.45, 7) is 10.0. The van der Waals surface area contributed by atoms with Crippen LogP contribution < -0.4 is 24.8 Å². The Morgan fingerprint density at radius 2 is 0.974 bits per heavy atom. The smallest absolute Gasteiger partial charge is 1.00 e. The predicted molar refractivity (Wildman–Crippen MR) is 151 cm³/mol. The van der Waals surface area contributed by atoms with Crippen molar-refractivity contribution in [2.45, 2.75) is 26.7 Å². The van der Waals surface area contributed by atoms with E-state index in [1.807, 2.05) is 24.3 Å². The van der Waals surface area contributed by atoms with E-state index in [4.69, 9.17) is 0 Å². The third-order valence-corrected chi connectivity index (χ3v) is 4.27. The van der Waals surface area contributed by atoms with Gasteiger partial charge in [-0.25, -0.2) is 24.3 Å². The molecule has 6 rings (SSSR count). The van der Waals surface area contributed by atoms with Crippen molar-refractivity contribution in [1.29, 1.82) is 0 Å². The fourth-order valence-corrected chi connectivity index (χ4v) is 2.82. The van der Waals surface area contributed by atoms with Crippen molar-refractivity contribution >= 4 is 21.5 Å². The van der Waals surface area contributed by atoms with Crippen LogP contribution in [0.2, 0.25) is 0 Å². The number of fused-ring (bicyclic) bond motifs is 2. The largest absolute Gasteiger partial charge is 3.00 e. The van der Waals surface area contributed by atoms with Crippen LogP contribution in [0.1, 0.15) is 26.7 Å². The Bertz CT molecular complexity index is 1000. The standard InChI is InChI=1S/2C9H7.2C5H5.2C3H5.2ClH.2Zr/c2*1-2-5-9-7-3-6-8(9)4-1;2*1-2-4-5-3-1;2*1-3-2;;;;/h2*1-7H;2*1-3H,4H2;2*1H2,2H3;2*1H;;/q6*-1;;;2*+3/p-2. The molecule has 0 N–H and O–H groups in total. The molecular formula is C34H34Cl2Zr2-2. The van der Waals surface area contributed by atoms with Crippen molar-refractivity contribution in [3.8, 4) is 0 Å². The van der Waals surface area contributed by atoms with E-state index in [2.05, 4.69) is 135 Å². The molecule has 2 aliphatic carbocycles. The zero-order chi connectivity index (χ0) is 24.7. The number of hydrogen-bond donors (Lipinski definition) is 0. The first-order valence-electron chi connectivity index (χ1n) is 11.3. The number of rotatable bonds is 0. The van der Waals surface area contributed by atoms with Gasteiger partial charge >= 0.3 is 52.4 Å². The average molecular weight is 696 g/mol. The van der Waals surface area contributed by atoms with Crippen molar-refractivity contribution in [2.24, 2.45) is 0 Å². The van der Waals surface area contributed by atoms with Gasteiger partial charge in [-0.1, -0.05) is 12.1 Å². The average Bonchev–Trinajstić information content (AvgIpc) is 3.70. The maximum Gasteiger partial charge on any atom is 3.00 e. The molecule has 0 bridgehead atoms. The van der Waals surface area contributed by atoms with E-state index < -0.39 is 0 Å². The summed E-state index contributed by atoms with van der Waals surface area (Å²) < 4.78 is 0. The van der Waals surface area contributed by atoms with E-state index in [0.29, 0.717) is 0 Å². The summed E-state index contributed by atoms with van der Waals surface area (Å²) in [6, 6.07) is 29.3. The van der Waals surface area contributed by atoms with E-state index in [1.165, 1.54) is 21.5 Å². The van der Waals surface area contributed by atoms with Crippen molar-refractivity contribution in [2.75, 3.05) is 0 Å². The summed E-state index contributed by atoms with van der Waals surface area (Å²) in [5, 5.41) is 5.32. The molecule has 0 unspecified atom stereocenters. The Kier molecular flexibility index (Phi) is 36.2. The minimum Gasteiger partial charge on any atom is -1.00 e. The van der Waals surface area contributed by atoms with Gasteiger partial charge in [0.1, 0.15) is 0 Å². The summed E-state index contributed by atoms with van der Waals surface area (Å²) in [5.41, 5.74) is 0. The molecule has 0 saturated heterocycles. The molecule has 0 nitrogen and oxygen atoms in total. The van der Waals surface area contributed by atoms with Crippen LogP contribution in [-0.2, 0) is 52.4 Å². The zero-order valence-corrected chi connectivity index (χ0v) is 28.6. The molecule has 0 aliphatic heterocycles. The van der Waals surface area contributed by atoms with E-state index in [-0.39, 0.29) is 77.2 Å². The first-order valence-corrected chi connectivity index (χ1v) is 11.3. The van der Waals surface area contributed by atoms with Crippen molar-refractivity contribution < 1.29 is 77.2 Å². The van der Waals surface area contributed by atoms with E-state index in [1.54, 1.807) is 13.8 Å². The van der Waals surface area contributed by atoms with Gasteiger partial charge in [-0.3, -0.25) is 25.3 Å². The van der Waals surface area contributed by atoms with Gasteiger partial charge in [0.05, 0.1) is 0 Å².